The van der Waals surface area contributed by atoms with Crippen LogP contribution in [0, 0.1) is 0 Å². The number of rotatable bonds is 14. The summed E-state index contributed by atoms with van der Waals surface area (Å²) in [6, 6.07) is -4.52. The summed E-state index contributed by atoms with van der Waals surface area (Å²) in [5.74, 6) is -5.84. The van der Waals surface area contributed by atoms with Crippen molar-refractivity contribution in [2.75, 3.05) is 25.7 Å². The number of aliphatic hydroxyl groups is 2. The normalized spacial score (nSPS) is 16.8. The van der Waals surface area contributed by atoms with Gasteiger partial charge >= 0.3 is 33.1 Å². The van der Waals surface area contributed by atoms with Gasteiger partial charge in [-0.15, -0.1) is 0 Å². The van der Waals surface area contributed by atoms with Crippen LogP contribution in [0.1, 0.15) is 6.92 Å². The maximum absolute atomic E-state index is 11.5. The Kier molecular flexibility index (Phi) is 10.7. The highest BCUT2D eigenvalue weighted by atomic mass is 31.2. The van der Waals surface area contributed by atoms with Gasteiger partial charge in [0.15, 0.2) is 6.10 Å². The van der Waals surface area contributed by atoms with E-state index in [1.54, 1.807) is 0 Å². The molecule has 0 radical (unpaired) electrons. The molecule has 0 aliphatic heterocycles. The molecule has 0 saturated carbocycles. The lowest BCUT2D eigenvalue weighted by atomic mass is 10.0. The van der Waals surface area contributed by atoms with Gasteiger partial charge in [-0.25, -0.2) is 4.79 Å². The fraction of sp³-hybridized carbons (Fsp3) is 0.750. The molecule has 0 bridgehead atoms. The largest absolute Gasteiger partial charge is 0.480 e. The van der Waals surface area contributed by atoms with Gasteiger partial charge in [-0.3, -0.25) is 28.5 Å². The predicted molar refractivity (Wildman–Crippen MR) is 95.4 cm³/mol. The van der Waals surface area contributed by atoms with E-state index in [0.717, 1.165) is 6.92 Å². The highest BCUT2D eigenvalue weighted by Gasteiger charge is 2.44. The Hall–Kier alpha value is -1.45. The molecule has 0 amide bonds. The SMILES string of the molecule is CC(O)C(C(=O)O)N(CCN(CP(=O)(O)O)CP(=O)(O)O)C(C(=O)O)C(O)C(=O)O. The zero-order valence-corrected chi connectivity index (χ0v) is 17.3. The van der Waals surface area contributed by atoms with Crippen molar-refractivity contribution in [2.24, 2.45) is 0 Å². The number of aliphatic hydroxyl groups excluding tert-OH is 2. The third kappa shape index (κ3) is 10.0. The zero-order valence-electron chi connectivity index (χ0n) is 15.5. The summed E-state index contributed by atoms with van der Waals surface area (Å²) in [7, 11) is -9.74. The number of aliphatic carboxylic acids is 3. The molecule has 30 heavy (non-hydrogen) atoms. The van der Waals surface area contributed by atoms with Crippen LogP contribution in [0.25, 0.3) is 0 Å². The minimum Gasteiger partial charge on any atom is -0.480 e. The van der Waals surface area contributed by atoms with Crippen LogP contribution in [0.15, 0.2) is 0 Å². The van der Waals surface area contributed by atoms with Crippen LogP contribution in [-0.2, 0) is 23.5 Å². The van der Waals surface area contributed by atoms with Crippen LogP contribution in [-0.4, -0.2) is 123 Å². The molecule has 0 aromatic carbocycles. The summed E-state index contributed by atoms with van der Waals surface area (Å²) in [6.45, 7) is -0.688. The van der Waals surface area contributed by atoms with E-state index in [0.29, 0.717) is 9.80 Å². The van der Waals surface area contributed by atoms with E-state index in [-0.39, 0.29) is 0 Å². The molecule has 0 saturated heterocycles. The number of carbonyl (C=O) groups is 3. The molecule has 0 aromatic heterocycles. The van der Waals surface area contributed by atoms with Crippen LogP contribution < -0.4 is 0 Å². The van der Waals surface area contributed by atoms with E-state index < -0.39 is 83.1 Å². The second kappa shape index (κ2) is 11.2. The van der Waals surface area contributed by atoms with Crippen molar-refractivity contribution in [1.82, 2.24) is 9.80 Å². The first-order chi connectivity index (χ1) is 13.4. The first kappa shape index (κ1) is 28.5. The maximum atomic E-state index is 11.5. The molecule has 0 aliphatic rings. The van der Waals surface area contributed by atoms with Crippen LogP contribution in [0.4, 0.5) is 0 Å². The molecule has 4 atom stereocenters. The molecule has 0 aromatic rings. The Morgan fingerprint density at radius 2 is 1.17 bits per heavy atom. The fourth-order valence-corrected chi connectivity index (χ4v) is 4.32. The lowest BCUT2D eigenvalue weighted by Crippen LogP contribution is -2.61. The van der Waals surface area contributed by atoms with Gasteiger partial charge in [0.05, 0.1) is 6.10 Å². The third-order valence-electron chi connectivity index (χ3n) is 3.67. The first-order valence-electron chi connectivity index (χ1n) is 7.99. The van der Waals surface area contributed by atoms with Crippen molar-refractivity contribution < 1.29 is 68.6 Å². The second-order valence-electron chi connectivity index (χ2n) is 6.33. The summed E-state index contributed by atoms with van der Waals surface area (Å²) < 4.78 is 22.4. The molecule has 4 unspecified atom stereocenters. The van der Waals surface area contributed by atoms with E-state index in [4.69, 9.17) is 24.7 Å². The van der Waals surface area contributed by atoms with Crippen molar-refractivity contribution in [3.63, 3.8) is 0 Å². The number of hydrogen-bond acceptors (Lipinski definition) is 9. The van der Waals surface area contributed by atoms with Crippen LogP contribution in [0.2, 0.25) is 0 Å². The summed E-state index contributed by atoms with van der Waals surface area (Å²) in [4.78, 5) is 71.2. The van der Waals surface area contributed by atoms with E-state index in [2.05, 4.69) is 0 Å². The topological polar surface area (TPSA) is 274 Å². The van der Waals surface area contributed by atoms with Gasteiger partial charge in [0.1, 0.15) is 24.7 Å². The Morgan fingerprint density at radius 1 is 0.767 bits per heavy atom. The van der Waals surface area contributed by atoms with Gasteiger partial charge in [-0.2, -0.15) is 0 Å². The van der Waals surface area contributed by atoms with Crippen molar-refractivity contribution >= 4 is 33.1 Å². The standard InChI is InChI=1S/C12H24N2O14P2/c1-6(15)7(10(17)18)14(8(11(19)20)9(16)12(21)22)3-2-13(4-29(23,24)25)5-30(26,27)28/h6-9,15-16H,2-5H2,1H3,(H,17,18)(H,19,20)(H,21,22)(H2,23,24,25)(H2,26,27,28). The number of nitrogens with zero attached hydrogens (tertiary/aromatic N) is 2. The van der Waals surface area contributed by atoms with E-state index in [9.17, 15) is 43.9 Å². The molecule has 0 spiro atoms. The van der Waals surface area contributed by atoms with Crippen LogP contribution in [0.3, 0.4) is 0 Å². The third-order valence-corrected chi connectivity index (χ3v) is 5.21. The van der Waals surface area contributed by atoms with Gasteiger partial charge in [0.25, 0.3) is 0 Å². The van der Waals surface area contributed by atoms with Crippen LogP contribution in [0.5, 0.6) is 0 Å². The molecule has 9 N–H and O–H groups in total. The quantitative estimate of drug-likeness (QED) is 0.109. The predicted octanol–water partition coefficient (Wildman–Crippen LogP) is -3.41. The molecule has 0 rings (SSSR count). The zero-order chi connectivity index (χ0) is 24.0. The van der Waals surface area contributed by atoms with Gasteiger partial charge in [-0.1, -0.05) is 0 Å². The fourth-order valence-electron chi connectivity index (χ4n) is 2.63. The average molecular weight is 482 g/mol. The monoisotopic (exact) mass is 482 g/mol. The smallest absolute Gasteiger partial charge is 0.339 e. The Balaban J connectivity index is 6.08. The van der Waals surface area contributed by atoms with Gasteiger partial charge in [0, 0.05) is 13.1 Å². The highest BCUT2D eigenvalue weighted by molar-refractivity contribution is 7.52. The minimum absolute atomic E-state index is 0.348. The lowest BCUT2D eigenvalue weighted by Gasteiger charge is -2.37. The van der Waals surface area contributed by atoms with E-state index in [1.807, 2.05) is 0 Å². The number of carboxylic acid groups (broad SMARTS) is 3. The Labute approximate surface area is 169 Å². The molecule has 0 fully saturated rings. The van der Waals surface area contributed by atoms with Crippen molar-refractivity contribution in [1.29, 1.82) is 0 Å². The summed E-state index contributed by atoms with van der Waals surface area (Å²) >= 11 is 0. The van der Waals surface area contributed by atoms with Gasteiger partial charge in [-0.05, 0) is 6.92 Å². The van der Waals surface area contributed by atoms with Gasteiger partial charge in [0.2, 0.25) is 0 Å². The van der Waals surface area contributed by atoms with E-state index in [1.165, 1.54) is 0 Å². The summed E-state index contributed by atoms with van der Waals surface area (Å²) in [6.07, 6.45) is -6.86. The molecule has 18 heteroatoms. The molecular weight excluding hydrogens is 458 g/mol. The van der Waals surface area contributed by atoms with Crippen LogP contribution >= 0.6 is 15.2 Å². The summed E-state index contributed by atoms with van der Waals surface area (Å²) in [5, 5.41) is 47.0. The Bertz CT molecular complexity index is 694. The average Bonchev–Trinajstić information content (AvgIpc) is 2.47. The number of carboxylic acids is 3. The van der Waals surface area contributed by atoms with Crippen molar-refractivity contribution in [3.05, 3.63) is 0 Å². The molecular formula is C12H24N2O14P2. The molecule has 0 heterocycles. The van der Waals surface area contributed by atoms with E-state index >= 15 is 0 Å². The first-order valence-corrected chi connectivity index (χ1v) is 11.6. The molecule has 176 valence electrons. The lowest BCUT2D eigenvalue weighted by molar-refractivity contribution is -0.168. The molecule has 0 aliphatic carbocycles. The maximum Gasteiger partial charge on any atom is 0.339 e. The van der Waals surface area contributed by atoms with Gasteiger partial charge < -0.3 is 45.1 Å². The number of hydrogen-bond donors (Lipinski definition) is 9. The Morgan fingerprint density at radius 3 is 1.43 bits per heavy atom. The van der Waals surface area contributed by atoms with Crippen molar-refractivity contribution in [2.45, 2.75) is 31.2 Å². The second-order valence-corrected chi connectivity index (χ2v) is 9.56. The molecule has 16 nitrogen and oxygen atoms in total. The summed E-state index contributed by atoms with van der Waals surface area (Å²) in [5.41, 5.74) is 0. The minimum atomic E-state index is -4.87. The highest BCUT2D eigenvalue weighted by Crippen LogP contribution is 2.40. The van der Waals surface area contributed by atoms with Crippen molar-refractivity contribution in [3.8, 4) is 0 Å².